The van der Waals surface area contributed by atoms with Crippen molar-refractivity contribution in [2.24, 2.45) is 4.99 Å². The van der Waals surface area contributed by atoms with Gasteiger partial charge in [0.25, 0.3) is 0 Å². The lowest BCUT2D eigenvalue weighted by Gasteiger charge is -2.35. The number of morpholine rings is 1. The Morgan fingerprint density at radius 3 is 2.33 bits per heavy atom. The number of benzene rings is 2. The summed E-state index contributed by atoms with van der Waals surface area (Å²) in [5.41, 5.74) is 3.44. The molecule has 8 heteroatoms. The van der Waals surface area contributed by atoms with E-state index in [1.807, 2.05) is 18.2 Å². The first kappa shape index (κ1) is 25.6. The van der Waals surface area contributed by atoms with Gasteiger partial charge in [-0.1, -0.05) is 24.3 Å². The van der Waals surface area contributed by atoms with Gasteiger partial charge in [0.1, 0.15) is 0 Å². The van der Waals surface area contributed by atoms with Crippen LogP contribution in [0, 0.1) is 0 Å². The number of nitrogens with zero attached hydrogens (tertiary/aromatic N) is 2. The van der Waals surface area contributed by atoms with Crippen molar-refractivity contribution in [2.45, 2.75) is 45.6 Å². The number of ether oxygens (including phenoxy) is 3. The van der Waals surface area contributed by atoms with Gasteiger partial charge in [-0.15, -0.1) is 24.0 Å². The lowest BCUT2D eigenvalue weighted by Crippen LogP contribution is -2.44. The molecular formula is C25H35IN4O3. The van der Waals surface area contributed by atoms with E-state index in [9.17, 15) is 0 Å². The SMILES string of the molecule is CN=C(NCc1ccc(CN2CC(C)OC(C)C2)cc1)Nc1ccc2c(c1)OCCCO2.I. The molecule has 0 amide bonds. The van der Waals surface area contributed by atoms with Gasteiger partial charge >= 0.3 is 0 Å². The summed E-state index contributed by atoms with van der Waals surface area (Å²) in [4.78, 5) is 6.81. The van der Waals surface area contributed by atoms with Crippen molar-refractivity contribution in [2.75, 3.05) is 38.7 Å². The van der Waals surface area contributed by atoms with Gasteiger partial charge in [-0.2, -0.15) is 0 Å². The minimum Gasteiger partial charge on any atom is -0.490 e. The highest BCUT2D eigenvalue weighted by atomic mass is 127. The Morgan fingerprint density at radius 2 is 1.64 bits per heavy atom. The topological polar surface area (TPSA) is 67.4 Å². The van der Waals surface area contributed by atoms with Gasteiger partial charge in [-0.25, -0.2) is 0 Å². The predicted octanol–water partition coefficient (Wildman–Crippen LogP) is 4.26. The zero-order valence-electron chi connectivity index (χ0n) is 19.7. The lowest BCUT2D eigenvalue weighted by atomic mass is 10.1. The fourth-order valence-corrected chi connectivity index (χ4v) is 4.18. The fourth-order valence-electron chi connectivity index (χ4n) is 4.18. The largest absolute Gasteiger partial charge is 0.490 e. The molecule has 33 heavy (non-hydrogen) atoms. The van der Waals surface area contributed by atoms with Crippen molar-refractivity contribution < 1.29 is 14.2 Å². The molecule has 2 heterocycles. The summed E-state index contributed by atoms with van der Waals surface area (Å²) in [6.07, 6.45) is 1.48. The van der Waals surface area contributed by atoms with Gasteiger partial charge in [-0.3, -0.25) is 9.89 Å². The Labute approximate surface area is 213 Å². The molecule has 1 fully saturated rings. The molecule has 2 unspecified atom stereocenters. The van der Waals surface area contributed by atoms with Crippen molar-refractivity contribution in [3.8, 4) is 11.5 Å². The number of hydrogen-bond acceptors (Lipinski definition) is 5. The van der Waals surface area contributed by atoms with Gasteiger partial charge in [-0.05, 0) is 37.1 Å². The van der Waals surface area contributed by atoms with E-state index in [0.717, 1.165) is 43.2 Å². The number of aliphatic imine (C=N–C) groups is 1. The third-order valence-electron chi connectivity index (χ3n) is 5.62. The van der Waals surface area contributed by atoms with Crippen LogP contribution in [0.25, 0.3) is 0 Å². The van der Waals surface area contributed by atoms with Gasteiger partial charge in [0, 0.05) is 51.4 Å². The second kappa shape index (κ2) is 12.4. The van der Waals surface area contributed by atoms with Crippen molar-refractivity contribution in [1.82, 2.24) is 10.2 Å². The quantitative estimate of drug-likeness (QED) is 0.321. The van der Waals surface area contributed by atoms with Crippen molar-refractivity contribution in [3.63, 3.8) is 0 Å². The van der Waals surface area contributed by atoms with Gasteiger partial charge in [0.05, 0.1) is 25.4 Å². The van der Waals surface area contributed by atoms with E-state index in [0.29, 0.717) is 37.9 Å². The van der Waals surface area contributed by atoms with E-state index < -0.39 is 0 Å². The molecule has 7 nitrogen and oxygen atoms in total. The fraction of sp³-hybridized carbons (Fsp3) is 0.480. The Hall–Kier alpha value is -2.04. The minimum absolute atomic E-state index is 0. The zero-order chi connectivity index (χ0) is 22.3. The highest BCUT2D eigenvalue weighted by Crippen LogP contribution is 2.32. The van der Waals surface area contributed by atoms with Gasteiger partial charge in [0.15, 0.2) is 17.5 Å². The molecule has 2 aromatic carbocycles. The Kier molecular flexibility index (Phi) is 9.64. The average molecular weight is 566 g/mol. The summed E-state index contributed by atoms with van der Waals surface area (Å²) in [5.74, 6) is 2.26. The third kappa shape index (κ3) is 7.48. The van der Waals surface area contributed by atoms with Crippen LogP contribution in [0.4, 0.5) is 5.69 Å². The molecule has 4 rings (SSSR count). The zero-order valence-corrected chi connectivity index (χ0v) is 22.0. The highest BCUT2D eigenvalue weighted by Gasteiger charge is 2.22. The maximum Gasteiger partial charge on any atom is 0.195 e. The second-order valence-corrected chi connectivity index (χ2v) is 8.53. The number of guanidine groups is 1. The number of nitrogens with one attached hydrogen (secondary N) is 2. The molecule has 0 bridgehead atoms. The normalized spacial score (nSPS) is 21.0. The first-order valence-electron chi connectivity index (χ1n) is 11.4. The van der Waals surface area contributed by atoms with E-state index in [4.69, 9.17) is 14.2 Å². The summed E-state index contributed by atoms with van der Waals surface area (Å²) >= 11 is 0. The number of hydrogen-bond donors (Lipinski definition) is 2. The monoisotopic (exact) mass is 566 g/mol. The van der Waals surface area contributed by atoms with E-state index >= 15 is 0 Å². The summed E-state index contributed by atoms with van der Waals surface area (Å²) in [7, 11) is 1.77. The molecule has 2 N–H and O–H groups in total. The van der Waals surface area contributed by atoms with Crippen LogP contribution in [-0.2, 0) is 17.8 Å². The van der Waals surface area contributed by atoms with Crippen LogP contribution in [0.5, 0.6) is 11.5 Å². The smallest absolute Gasteiger partial charge is 0.195 e. The average Bonchev–Trinajstić information content (AvgIpc) is 3.02. The minimum atomic E-state index is 0. The summed E-state index contributed by atoms with van der Waals surface area (Å²) < 4.78 is 17.3. The lowest BCUT2D eigenvalue weighted by molar-refractivity contribution is -0.0704. The van der Waals surface area contributed by atoms with Gasteiger partial charge in [0.2, 0.25) is 0 Å². The summed E-state index contributed by atoms with van der Waals surface area (Å²) in [6, 6.07) is 14.6. The van der Waals surface area contributed by atoms with Crippen molar-refractivity contribution in [1.29, 1.82) is 0 Å². The number of halogens is 1. The van der Waals surface area contributed by atoms with Crippen molar-refractivity contribution >= 4 is 35.6 Å². The van der Waals surface area contributed by atoms with E-state index in [2.05, 4.69) is 58.6 Å². The van der Waals surface area contributed by atoms with Gasteiger partial charge < -0.3 is 24.8 Å². The Bertz CT molecular complexity index is 912. The molecule has 2 atom stereocenters. The van der Waals surface area contributed by atoms with Crippen LogP contribution >= 0.6 is 24.0 Å². The number of fused-ring (bicyclic) bond motifs is 1. The molecule has 180 valence electrons. The first-order chi connectivity index (χ1) is 15.6. The van der Waals surface area contributed by atoms with Crippen molar-refractivity contribution in [3.05, 3.63) is 53.6 Å². The predicted molar refractivity (Wildman–Crippen MR) is 143 cm³/mol. The maximum atomic E-state index is 5.83. The number of rotatable bonds is 5. The van der Waals surface area contributed by atoms with E-state index in [-0.39, 0.29) is 24.0 Å². The van der Waals surface area contributed by atoms with Crippen LogP contribution in [0.1, 0.15) is 31.4 Å². The first-order valence-corrected chi connectivity index (χ1v) is 11.4. The second-order valence-electron chi connectivity index (χ2n) is 8.53. The molecule has 2 aliphatic heterocycles. The summed E-state index contributed by atoms with van der Waals surface area (Å²) in [6.45, 7) is 9.26. The molecule has 2 aliphatic rings. The van der Waals surface area contributed by atoms with E-state index in [1.165, 1.54) is 11.1 Å². The Morgan fingerprint density at radius 1 is 0.970 bits per heavy atom. The van der Waals surface area contributed by atoms with Crippen LogP contribution in [-0.4, -0.2) is 56.4 Å². The Balaban J connectivity index is 0.00000306. The highest BCUT2D eigenvalue weighted by molar-refractivity contribution is 14.0. The number of anilines is 1. The van der Waals surface area contributed by atoms with E-state index in [1.54, 1.807) is 7.05 Å². The van der Waals surface area contributed by atoms with Crippen LogP contribution < -0.4 is 20.1 Å². The maximum absolute atomic E-state index is 5.83. The molecule has 0 radical (unpaired) electrons. The molecule has 1 saturated heterocycles. The van der Waals surface area contributed by atoms with Crippen LogP contribution in [0.3, 0.4) is 0 Å². The van der Waals surface area contributed by atoms with Crippen LogP contribution in [0.2, 0.25) is 0 Å². The molecule has 0 aromatic heterocycles. The molecule has 0 aliphatic carbocycles. The molecule has 0 saturated carbocycles. The third-order valence-corrected chi connectivity index (χ3v) is 5.62. The standard InChI is InChI=1S/C25H34N4O3.HI/c1-18-15-29(16-19(2)32-18)17-21-7-5-20(6-8-21)14-27-25(26-3)28-22-9-10-23-24(13-22)31-12-4-11-30-23;/h5-10,13,18-19H,4,11-12,14-17H2,1-3H3,(H2,26,27,28);1H. The summed E-state index contributed by atoms with van der Waals surface area (Å²) in [5, 5.41) is 6.71. The molecular weight excluding hydrogens is 531 g/mol. The molecule has 2 aromatic rings. The molecule has 0 spiro atoms. The van der Waals surface area contributed by atoms with Crippen LogP contribution in [0.15, 0.2) is 47.5 Å².